The van der Waals surface area contributed by atoms with Crippen molar-refractivity contribution in [1.29, 1.82) is 5.26 Å². The number of sulfonamides is 1. The van der Waals surface area contributed by atoms with E-state index in [1.807, 2.05) is 6.07 Å². The highest BCUT2D eigenvalue weighted by atomic mass is 32.2. The molecule has 0 radical (unpaired) electrons. The number of esters is 1. The fourth-order valence-electron chi connectivity index (χ4n) is 1.84. The maximum Gasteiger partial charge on any atom is 0.338 e. The van der Waals surface area contributed by atoms with Gasteiger partial charge in [0.15, 0.2) is 0 Å². The predicted molar refractivity (Wildman–Crippen MR) is 84.4 cm³/mol. The maximum atomic E-state index is 12.3. The number of rotatable bonds is 5. The van der Waals surface area contributed by atoms with Gasteiger partial charge in [0.05, 0.1) is 28.7 Å². The lowest BCUT2D eigenvalue weighted by Gasteiger charge is -2.09. The van der Waals surface area contributed by atoms with Gasteiger partial charge in [-0.25, -0.2) is 13.2 Å². The van der Waals surface area contributed by atoms with Crippen molar-refractivity contribution in [3.63, 3.8) is 0 Å². The standard InChI is InChI=1S/C16H14N2O4S/c1-2-22-16(19)13-6-8-14(9-7-13)18-23(20,21)15-5-3-4-12(10-15)11-17/h3-10,18H,2H2,1H3. The van der Waals surface area contributed by atoms with Crippen LogP contribution in [-0.2, 0) is 14.8 Å². The fraction of sp³-hybridized carbons (Fsp3) is 0.125. The number of nitrogens with one attached hydrogen (secondary N) is 1. The molecule has 23 heavy (non-hydrogen) atoms. The van der Waals surface area contributed by atoms with Gasteiger partial charge in [-0.3, -0.25) is 4.72 Å². The zero-order valence-electron chi connectivity index (χ0n) is 12.3. The van der Waals surface area contributed by atoms with Crippen LogP contribution in [0, 0.1) is 11.3 Å². The van der Waals surface area contributed by atoms with Gasteiger partial charge >= 0.3 is 5.97 Å². The molecular weight excluding hydrogens is 316 g/mol. The minimum Gasteiger partial charge on any atom is -0.462 e. The first kappa shape index (κ1) is 16.5. The molecule has 2 aromatic rings. The van der Waals surface area contributed by atoms with Crippen LogP contribution in [0.15, 0.2) is 53.4 Å². The van der Waals surface area contributed by atoms with E-state index in [2.05, 4.69) is 4.72 Å². The molecule has 6 nitrogen and oxygen atoms in total. The SMILES string of the molecule is CCOC(=O)c1ccc(NS(=O)(=O)c2cccc(C#N)c2)cc1. The smallest absolute Gasteiger partial charge is 0.338 e. The largest absolute Gasteiger partial charge is 0.462 e. The summed E-state index contributed by atoms with van der Waals surface area (Å²) in [6, 6.07) is 13.5. The minimum atomic E-state index is -3.81. The van der Waals surface area contributed by atoms with E-state index in [4.69, 9.17) is 10.00 Å². The molecule has 0 aliphatic rings. The van der Waals surface area contributed by atoms with E-state index in [1.54, 1.807) is 6.92 Å². The summed E-state index contributed by atoms with van der Waals surface area (Å²) < 4.78 is 31.8. The molecule has 0 fully saturated rings. The lowest BCUT2D eigenvalue weighted by molar-refractivity contribution is 0.0526. The summed E-state index contributed by atoms with van der Waals surface area (Å²) in [6.45, 7) is 1.97. The summed E-state index contributed by atoms with van der Waals surface area (Å²) >= 11 is 0. The summed E-state index contributed by atoms with van der Waals surface area (Å²) in [4.78, 5) is 11.5. The average molecular weight is 330 g/mol. The third-order valence-electron chi connectivity index (χ3n) is 2.92. The summed E-state index contributed by atoms with van der Waals surface area (Å²) in [5.74, 6) is -0.469. The van der Waals surface area contributed by atoms with Crippen LogP contribution >= 0.6 is 0 Å². The summed E-state index contributed by atoms with van der Waals surface area (Å²) in [6.07, 6.45) is 0. The van der Waals surface area contributed by atoms with Crippen molar-refractivity contribution in [3.05, 3.63) is 59.7 Å². The number of carbonyl (C=O) groups is 1. The van der Waals surface area contributed by atoms with Crippen molar-refractivity contribution >= 4 is 21.7 Å². The van der Waals surface area contributed by atoms with Crippen LogP contribution in [-0.4, -0.2) is 21.0 Å². The van der Waals surface area contributed by atoms with E-state index in [1.165, 1.54) is 48.5 Å². The van der Waals surface area contributed by atoms with Crippen LogP contribution in [0.5, 0.6) is 0 Å². The highest BCUT2D eigenvalue weighted by Crippen LogP contribution is 2.18. The summed E-state index contributed by atoms with van der Waals surface area (Å²) in [7, 11) is -3.81. The van der Waals surface area contributed by atoms with Gasteiger partial charge in [-0.1, -0.05) is 6.07 Å². The van der Waals surface area contributed by atoms with E-state index in [-0.39, 0.29) is 17.1 Å². The second-order valence-corrected chi connectivity index (χ2v) is 6.23. The normalized spacial score (nSPS) is 10.6. The van der Waals surface area contributed by atoms with Gasteiger partial charge in [0.25, 0.3) is 10.0 Å². The number of nitrogens with zero attached hydrogens (tertiary/aromatic N) is 1. The highest BCUT2D eigenvalue weighted by molar-refractivity contribution is 7.92. The van der Waals surface area contributed by atoms with Crippen molar-refractivity contribution in [2.24, 2.45) is 0 Å². The first-order valence-electron chi connectivity index (χ1n) is 6.76. The highest BCUT2D eigenvalue weighted by Gasteiger charge is 2.15. The molecular formula is C16H14N2O4S. The number of ether oxygens (including phenoxy) is 1. The molecule has 118 valence electrons. The molecule has 0 amide bonds. The number of nitriles is 1. The van der Waals surface area contributed by atoms with E-state index in [0.29, 0.717) is 11.3 Å². The average Bonchev–Trinajstić information content (AvgIpc) is 2.55. The second-order valence-electron chi connectivity index (χ2n) is 4.54. The van der Waals surface area contributed by atoms with Gasteiger partial charge in [0, 0.05) is 5.69 Å². The number of hydrogen-bond acceptors (Lipinski definition) is 5. The van der Waals surface area contributed by atoms with Crippen LogP contribution in [0.3, 0.4) is 0 Å². The summed E-state index contributed by atoms with van der Waals surface area (Å²) in [5.41, 5.74) is 0.896. The van der Waals surface area contributed by atoms with E-state index >= 15 is 0 Å². The van der Waals surface area contributed by atoms with Gasteiger partial charge in [0.1, 0.15) is 0 Å². The van der Waals surface area contributed by atoms with Gasteiger partial charge in [-0.15, -0.1) is 0 Å². The van der Waals surface area contributed by atoms with Crippen LogP contribution in [0.1, 0.15) is 22.8 Å². The monoisotopic (exact) mass is 330 g/mol. The molecule has 0 atom stereocenters. The molecule has 0 saturated carbocycles. The van der Waals surface area contributed by atoms with Gasteiger partial charge < -0.3 is 4.74 Å². The Kier molecular flexibility index (Phi) is 4.98. The molecule has 1 N–H and O–H groups in total. The zero-order chi connectivity index (χ0) is 16.9. The molecule has 2 aromatic carbocycles. The van der Waals surface area contributed by atoms with Crippen LogP contribution in [0.2, 0.25) is 0 Å². The number of benzene rings is 2. The summed E-state index contributed by atoms with van der Waals surface area (Å²) in [5, 5.41) is 8.83. The zero-order valence-corrected chi connectivity index (χ0v) is 13.1. The quantitative estimate of drug-likeness (QED) is 0.850. The van der Waals surface area contributed by atoms with E-state index in [9.17, 15) is 13.2 Å². The van der Waals surface area contributed by atoms with Crippen molar-refractivity contribution < 1.29 is 17.9 Å². The third-order valence-corrected chi connectivity index (χ3v) is 4.30. The molecule has 0 saturated heterocycles. The van der Waals surface area contributed by atoms with E-state index in [0.717, 1.165) is 0 Å². The Morgan fingerprint density at radius 3 is 2.52 bits per heavy atom. The Morgan fingerprint density at radius 1 is 1.22 bits per heavy atom. The molecule has 7 heteroatoms. The molecule has 2 rings (SSSR count). The molecule has 0 heterocycles. The van der Waals surface area contributed by atoms with Crippen molar-refractivity contribution in [3.8, 4) is 6.07 Å². The Hall–Kier alpha value is -2.85. The Labute approximate surface area is 134 Å². The van der Waals surface area contributed by atoms with Crippen LogP contribution in [0.25, 0.3) is 0 Å². The third kappa shape index (κ3) is 4.08. The molecule has 0 aromatic heterocycles. The topological polar surface area (TPSA) is 96.3 Å². The molecule has 0 unspecified atom stereocenters. The Balaban J connectivity index is 2.20. The minimum absolute atomic E-state index is 0.00832. The maximum absolute atomic E-state index is 12.3. The van der Waals surface area contributed by atoms with Crippen LogP contribution in [0.4, 0.5) is 5.69 Å². The van der Waals surface area contributed by atoms with Crippen molar-refractivity contribution in [2.75, 3.05) is 11.3 Å². The number of carbonyl (C=O) groups excluding carboxylic acids is 1. The lowest BCUT2D eigenvalue weighted by atomic mass is 10.2. The number of anilines is 1. The Morgan fingerprint density at radius 2 is 1.91 bits per heavy atom. The van der Waals surface area contributed by atoms with Gasteiger partial charge in [0.2, 0.25) is 0 Å². The molecule has 0 aliphatic heterocycles. The first-order valence-corrected chi connectivity index (χ1v) is 8.25. The van der Waals surface area contributed by atoms with Gasteiger partial charge in [-0.2, -0.15) is 5.26 Å². The lowest BCUT2D eigenvalue weighted by Crippen LogP contribution is -2.13. The van der Waals surface area contributed by atoms with Crippen LogP contribution < -0.4 is 4.72 Å². The number of hydrogen-bond donors (Lipinski definition) is 1. The van der Waals surface area contributed by atoms with Crippen molar-refractivity contribution in [1.82, 2.24) is 0 Å². The first-order chi connectivity index (χ1) is 11.0. The predicted octanol–water partition coefficient (Wildman–Crippen LogP) is 2.54. The molecule has 0 bridgehead atoms. The Bertz CT molecular complexity index is 852. The van der Waals surface area contributed by atoms with Gasteiger partial charge in [-0.05, 0) is 49.4 Å². The van der Waals surface area contributed by atoms with Crippen molar-refractivity contribution in [2.45, 2.75) is 11.8 Å². The molecule has 0 spiro atoms. The molecule has 0 aliphatic carbocycles. The fourth-order valence-corrected chi connectivity index (χ4v) is 2.94. The second kappa shape index (κ2) is 6.94. The van der Waals surface area contributed by atoms with E-state index < -0.39 is 16.0 Å².